The molecule has 2 aliphatic heterocycles. The minimum atomic E-state index is -3.52. The number of sulfonamides is 1. The van der Waals surface area contributed by atoms with Crippen LogP contribution in [0.2, 0.25) is 0 Å². The third-order valence-corrected chi connectivity index (χ3v) is 9.00. The van der Waals surface area contributed by atoms with Gasteiger partial charge in [0.05, 0.1) is 18.2 Å². The molecule has 2 saturated heterocycles. The van der Waals surface area contributed by atoms with Crippen molar-refractivity contribution in [2.75, 3.05) is 32.7 Å². The molecule has 2 atom stereocenters. The fraction of sp³-hybridized carbons (Fsp3) is 0.550. The van der Waals surface area contributed by atoms with Gasteiger partial charge in [-0.1, -0.05) is 6.07 Å². The van der Waals surface area contributed by atoms with Crippen molar-refractivity contribution in [3.05, 3.63) is 41.7 Å². The number of hydrogen-bond donors (Lipinski definition) is 1. The summed E-state index contributed by atoms with van der Waals surface area (Å²) in [7, 11) is -3.52. The monoisotopic (exact) mass is 437 g/mol. The van der Waals surface area contributed by atoms with Gasteiger partial charge < -0.3 is 9.73 Å². The summed E-state index contributed by atoms with van der Waals surface area (Å²) >= 11 is 1.21. The van der Waals surface area contributed by atoms with Crippen molar-refractivity contribution in [3.63, 3.8) is 0 Å². The molecule has 2 aromatic rings. The second-order valence-corrected chi connectivity index (χ2v) is 10.8. The standard InChI is InChI=1S/C20H27N3O4S2/c24-20(21-14-17(18-7-4-12-27-18)22-9-1-2-10-22)16-6-3-11-23(15-16)29(25,26)19-8-5-13-28-19/h4-5,7-8,12-13,16-17H,1-3,6,9-11,14-15H2,(H,21,24). The SMILES string of the molecule is O=C(NCC(c1ccco1)N1CCCC1)C1CCCN(S(=O)(=O)c2cccs2)C1. The summed E-state index contributed by atoms with van der Waals surface area (Å²) in [4.78, 5) is 15.2. The fourth-order valence-corrected chi connectivity index (χ4v) is 6.87. The predicted octanol–water partition coefficient (Wildman–Crippen LogP) is 2.70. The van der Waals surface area contributed by atoms with Crippen molar-refractivity contribution < 1.29 is 17.6 Å². The lowest BCUT2D eigenvalue weighted by atomic mass is 9.98. The number of hydrogen-bond acceptors (Lipinski definition) is 6. The van der Waals surface area contributed by atoms with Gasteiger partial charge in [-0.2, -0.15) is 4.31 Å². The number of nitrogens with one attached hydrogen (secondary N) is 1. The average molecular weight is 438 g/mol. The summed E-state index contributed by atoms with van der Waals surface area (Å²) < 4.78 is 33.0. The van der Waals surface area contributed by atoms with Crippen molar-refractivity contribution in [2.45, 2.75) is 35.9 Å². The molecule has 2 fully saturated rings. The van der Waals surface area contributed by atoms with Crippen LogP contribution >= 0.6 is 11.3 Å². The van der Waals surface area contributed by atoms with Gasteiger partial charge in [-0.15, -0.1) is 11.3 Å². The maximum atomic E-state index is 12.9. The molecule has 29 heavy (non-hydrogen) atoms. The Balaban J connectivity index is 1.39. The Labute approximate surface area is 175 Å². The first-order valence-electron chi connectivity index (χ1n) is 10.1. The number of nitrogens with zero attached hydrogens (tertiary/aromatic N) is 2. The summed E-state index contributed by atoms with van der Waals surface area (Å²) in [5, 5.41) is 4.82. The molecule has 158 valence electrons. The number of likely N-dealkylation sites (tertiary alicyclic amines) is 1. The molecule has 0 bridgehead atoms. The molecule has 2 unspecified atom stereocenters. The highest BCUT2D eigenvalue weighted by atomic mass is 32.2. The van der Waals surface area contributed by atoms with E-state index in [-0.39, 0.29) is 24.4 Å². The summed E-state index contributed by atoms with van der Waals surface area (Å²) in [5.74, 6) is 0.457. The minimum absolute atomic E-state index is 0.0194. The van der Waals surface area contributed by atoms with Crippen molar-refractivity contribution in [1.29, 1.82) is 0 Å². The molecular weight excluding hydrogens is 410 g/mol. The molecule has 1 N–H and O–H groups in total. The Morgan fingerprint density at radius 2 is 2.03 bits per heavy atom. The average Bonchev–Trinajstić information content (AvgIpc) is 3.51. The highest BCUT2D eigenvalue weighted by Gasteiger charge is 2.34. The van der Waals surface area contributed by atoms with Gasteiger partial charge in [0.25, 0.3) is 10.0 Å². The van der Waals surface area contributed by atoms with E-state index >= 15 is 0 Å². The summed E-state index contributed by atoms with van der Waals surface area (Å²) in [5.41, 5.74) is 0. The Morgan fingerprint density at radius 3 is 2.72 bits per heavy atom. The van der Waals surface area contributed by atoms with Crippen LogP contribution in [0.25, 0.3) is 0 Å². The fourth-order valence-electron chi connectivity index (χ4n) is 4.20. The zero-order chi connectivity index (χ0) is 20.3. The zero-order valence-electron chi connectivity index (χ0n) is 16.3. The molecule has 0 aromatic carbocycles. The normalized spacial score (nSPS) is 22.6. The highest BCUT2D eigenvalue weighted by Crippen LogP contribution is 2.28. The highest BCUT2D eigenvalue weighted by molar-refractivity contribution is 7.91. The van der Waals surface area contributed by atoms with Crippen LogP contribution < -0.4 is 5.32 Å². The lowest BCUT2D eigenvalue weighted by Crippen LogP contribution is -2.46. The number of piperidine rings is 1. The van der Waals surface area contributed by atoms with Crippen LogP contribution in [0.15, 0.2) is 44.5 Å². The van der Waals surface area contributed by atoms with E-state index in [0.29, 0.717) is 30.1 Å². The Morgan fingerprint density at radius 1 is 1.21 bits per heavy atom. The van der Waals surface area contributed by atoms with Crippen molar-refractivity contribution in [1.82, 2.24) is 14.5 Å². The van der Waals surface area contributed by atoms with Gasteiger partial charge in [0.1, 0.15) is 9.97 Å². The molecule has 4 rings (SSSR count). The first-order chi connectivity index (χ1) is 14.1. The predicted molar refractivity (Wildman–Crippen MR) is 111 cm³/mol. The van der Waals surface area contributed by atoms with Crippen LogP contribution in [0.1, 0.15) is 37.5 Å². The third kappa shape index (κ3) is 4.58. The minimum Gasteiger partial charge on any atom is -0.468 e. The maximum absolute atomic E-state index is 12.9. The Kier molecular flexibility index (Phi) is 6.38. The van der Waals surface area contributed by atoms with Gasteiger partial charge in [0, 0.05) is 19.6 Å². The smallest absolute Gasteiger partial charge is 0.252 e. The van der Waals surface area contributed by atoms with Gasteiger partial charge >= 0.3 is 0 Å². The van der Waals surface area contributed by atoms with Gasteiger partial charge in [0.2, 0.25) is 5.91 Å². The largest absolute Gasteiger partial charge is 0.468 e. The van der Waals surface area contributed by atoms with Gasteiger partial charge in [-0.3, -0.25) is 9.69 Å². The summed E-state index contributed by atoms with van der Waals surface area (Å²) in [6, 6.07) is 7.19. The number of carbonyl (C=O) groups is 1. The van der Waals surface area contributed by atoms with E-state index in [1.54, 1.807) is 23.8 Å². The molecule has 1 amide bonds. The summed E-state index contributed by atoms with van der Waals surface area (Å²) in [6.07, 6.45) is 5.37. The van der Waals surface area contributed by atoms with Gasteiger partial charge in [-0.05, 0) is 62.4 Å². The molecule has 7 nitrogen and oxygen atoms in total. The molecule has 2 aromatic heterocycles. The Bertz CT molecular complexity index is 890. The topological polar surface area (TPSA) is 82.9 Å². The summed E-state index contributed by atoms with van der Waals surface area (Å²) in [6.45, 7) is 3.17. The molecular formula is C20H27N3O4S2. The third-order valence-electron chi connectivity index (χ3n) is 5.77. The van der Waals surface area contributed by atoms with E-state index in [1.165, 1.54) is 15.6 Å². The second-order valence-electron chi connectivity index (χ2n) is 7.65. The van der Waals surface area contributed by atoms with E-state index < -0.39 is 10.0 Å². The maximum Gasteiger partial charge on any atom is 0.252 e. The molecule has 0 aliphatic carbocycles. The molecule has 9 heteroatoms. The zero-order valence-corrected chi connectivity index (χ0v) is 18.0. The van der Waals surface area contributed by atoms with E-state index in [4.69, 9.17) is 4.42 Å². The van der Waals surface area contributed by atoms with Crippen molar-refractivity contribution >= 4 is 27.3 Å². The van der Waals surface area contributed by atoms with E-state index in [1.807, 2.05) is 12.1 Å². The van der Waals surface area contributed by atoms with Crippen LogP contribution in [-0.2, 0) is 14.8 Å². The first-order valence-corrected chi connectivity index (χ1v) is 12.5. The molecule has 4 heterocycles. The molecule has 2 aliphatic rings. The van der Waals surface area contributed by atoms with Crippen LogP contribution in [0.4, 0.5) is 0 Å². The number of rotatable bonds is 7. The number of amides is 1. The first kappa shape index (κ1) is 20.6. The lowest BCUT2D eigenvalue weighted by molar-refractivity contribution is -0.126. The van der Waals surface area contributed by atoms with E-state index in [9.17, 15) is 13.2 Å². The van der Waals surface area contributed by atoms with Crippen LogP contribution in [0.3, 0.4) is 0 Å². The van der Waals surface area contributed by atoms with Crippen LogP contribution in [0.5, 0.6) is 0 Å². The number of carbonyl (C=O) groups excluding carboxylic acids is 1. The number of furan rings is 1. The van der Waals surface area contributed by atoms with Crippen LogP contribution in [0, 0.1) is 5.92 Å². The lowest BCUT2D eigenvalue weighted by Gasteiger charge is -2.32. The molecule has 0 spiro atoms. The van der Waals surface area contributed by atoms with E-state index in [0.717, 1.165) is 31.7 Å². The van der Waals surface area contributed by atoms with E-state index in [2.05, 4.69) is 10.2 Å². The molecule has 0 saturated carbocycles. The Hall–Kier alpha value is -1.68. The van der Waals surface area contributed by atoms with Gasteiger partial charge in [0.15, 0.2) is 0 Å². The second kappa shape index (κ2) is 8.99. The number of thiophene rings is 1. The van der Waals surface area contributed by atoms with Crippen LogP contribution in [-0.4, -0.2) is 56.3 Å². The van der Waals surface area contributed by atoms with Gasteiger partial charge in [-0.25, -0.2) is 8.42 Å². The molecule has 0 radical (unpaired) electrons. The van der Waals surface area contributed by atoms with Crippen molar-refractivity contribution in [3.8, 4) is 0 Å². The quantitative estimate of drug-likeness (QED) is 0.720. The van der Waals surface area contributed by atoms with Crippen molar-refractivity contribution in [2.24, 2.45) is 5.92 Å².